The number of nitrogens with zero attached hydrogens (tertiary/aromatic N) is 3. The van der Waals surface area contributed by atoms with Crippen molar-refractivity contribution < 1.29 is 44.1 Å². The van der Waals surface area contributed by atoms with E-state index in [0.717, 1.165) is 41.6 Å². The monoisotopic (exact) mass is 768 g/mol. The first-order chi connectivity index (χ1) is 25.8. The molecule has 53 heavy (non-hydrogen) atoms. The van der Waals surface area contributed by atoms with E-state index in [4.69, 9.17) is 42.0 Å². The Hall–Kier alpha value is -4.47. The van der Waals surface area contributed by atoms with E-state index in [1.165, 1.54) is 0 Å². The van der Waals surface area contributed by atoms with E-state index in [-0.39, 0.29) is 38.0 Å². The fourth-order valence-corrected chi connectivity index (χ4v) is 6.10. The van der Waals surface area contributed by atoms with Crippen LogP contribution in [0.5, 0.6) is 17.2 Å². The minimum absolute atomic E-state index is 0.0453. The Morgan fingerprint density at radius 3 is 2.36 bits per heavy atom. The molecule has 0 bridgehead atoms. The molecule has 0 aliphatic carbocycles. The summed E-state index contributed by atoms with van der Waals surface area (Å²) in [5.41, 5.74) is 4.93. The summed E-state index contributed by atoms with van der Waals surface area (Å²) < 4.78 is 23.2. The molecule has 15 heteroatoms. The number of fused-ring (bicyclic) bond motifs is 1. The van der Waals surface area contributed by atoms with E-state index in [1.807, 2.05) is 53.4 Å². The van der Waals surface area contributed by atoms with Crippen LogP contribution in [0.2, 0.25) is 10.0 Å². The van der Waals surface area contributed by atoms with Gasteiger partial charge in [0.05, 0.1) is 36.5 Å². The van der Waals surface area contributed by atoms with Crippen molar-refractivity contribution in [1.29, 1.82) is 0 Å². The van der Waals surface area contributed by atoms with Crippen LogP contribution in [0.4, 0.5) is 0 Å². The van der Waals surface area contributed by atoms with Gasteiger partial charge in [0.25, 0.3) is 0 Å². The van der Waals surface area contributed by atoms with Crippen LogP contribution in [0.15, 0.2) is 77.4 Å². The van der Waals surface area contributed by atoms with Gasteiger partial charge in [-0.2, -0.15) is 0 Å². The van der Waals surface area contributed by atoms with Crippen LogP contribution in [-0.4, -0.2) is 93.7 Å². The number of aromatic nitrogens is 2. The molecule has 4 aromatic carbocycles. The zero-order chi connectivity index (χ0) is 37.6. The Kier molecular flexibility index (Phi) is 15.1. The van der Waals surface area contributed by atoms with Crippen molar-refractivity contribution in [1.82, 2.24) is 20.5 Å². The molecular formula is C38H42Cl2N4O9. The second kappa shape index (κ2) is 20.1. The number of nitrogens with one attached hydrogen (secondary N) is 1. The summed E-state index contributed by atoms with van der Waals surface area (Å²) in [5, 5.41) is 48.6. The molecule has 0 aliphatic rings. The zero-order valence-corrected chi connectivity index (χ0v) is 30.4. The molecule has 1 heterocycles. The lowest BCUT2D eigenvalue weighted by Crippen LogP contribution is -2.39. The van der Waals surface area contributed by atoms with Gasteiger partial charge in [0.1, 0.15) is 47.5 Å². The van der Waals surface area contributed by atoms with Gasteiger partial charge in [0, 0.05) is 42.4 Å². The number of aliphatic hydroxyl groups excluding tert-OH is 3. The molecule has 0 aliphatic heterocycles. The van der Waals surface area contributed by atoms with Crippen molar-refractivity contribution in [2.24, 2.45) is 0 Å². The van der Waals surface area contributed by atoms with Crippen molar-refractivity contribution in [3.8, 4) is 28.4 Å². The van der Waals surface area contributed by atoms with Gasteiger partial charge >= 0.3 is 5.97 Å². The topological polar surface area (TPSA) is 180 Å². The Bertz CT molecular complexity index is 1940. The first-order valence-corrected chi connectivity index (χ1v) is 17.9. The molecule has 0 spiro atoms. The van der Waals surface area contributed by atoms with Gasteiger partial charge in [0.15, 0.2) is 0 Å². The number of benzene rings is 4. The highest BCUT2D eigenvalue weighted by molar-refractivity contribution is 6.34. The van der Waals surface area contributed by atoms with Crippen molar-refractivity contribution >= 4 is 40.2 Å². The number of aliphatic carboxylic acids is 1. The second-order valence-corrected chi connectivity index (χ2v) is 12.9. The van der Waals surface area contributed by atoms with E-state index < -0.39 is 18.6 Å². The molecule has 0 fully saturated rings. The van der Waals surface area contributed by atoms with Gasteiger partial charge in [-0.05, 0) is 71.2 Å². The fraction of sp³-hybridized carbons (Fsp3) is 0.342. The van der Waals surface area contributed by atoms with Gasteiger partial charge in [-0.15, -0.1) is 0 Å². The Morgan fingerprint density at radius 2 is 1.58 bits per heavy atom. The van der Waals surface area contributed by atoms with Crippen LogP contribution < -0.4 is 19.5 Å². The summed E-state index contributed by atoms with van der Waals surface area (Å²) in [6.07, 6.45) is 1.69. The molecule has 5 rings (SSSR count). The molecule has 5 N–H and O–H groups in total. The van der Waals surface area contributed by atoms with Crippen LogP contribution >= 0.6 is 23.2 Å². The number of unbranched alkanes of at least 4 members (excludes halogenated alkanes) is 1. The number of carbonyl (C=O) groups is 1. The highest BCUT2D eigenvalue weighted by Crippen LogP contribution is 2.36. The average Bonchev–Trinajstić information content (AvgIpc) is 3.63. The largest absolute Gasteiger partial charge is 0.494 e. The first kappa shape index (κ1) is 39.7. The Balaban J connectivity index is 1.26. The highest BCUT2D eigenvalue weighted by Gasteiger charge is 2.19. The third kappa shape index (κ3) is 11.3. The average molecular weight is 770 g/mol. The van der Waals surface area contributed by atoms with E-state index in [0.29, 0.717) is 58.6 Å². The predicted molar refractivity (Wildman–Crippen MR) is 199 cm³/mol. The summed E-state index contributed by atoms with van der Waals surface area (Å²) in [4.78, 5) is 13.5. The standard InChI is InChI=1S/C38H42Cl2N4O9/c39-31-19-28(21-41-34(22-47)38(48)49)35(51-23-25-9-10-32-33(17-25)43-53-42-32)20-36(31)52-24-27-6-4-8-30(37(27)40)26-5-3-7-29(18-26)50-16-2-1-11-44(12-14-45)13-15-46/h3-10,17-20,34,41,45-47H,1-2,11-16,21-24H2,(H,48,49). The predicted octanol–water partition coefficient (Wildman–Crippen LogP) is 5.34. The van der Waals surface area contributed by atoms with E-state index in [9.17, 15) is 25.2 Å². The van der Waals surface area contributed by atoms with E-state index >= 15 is 0 Å². The smallest absolute Gasteiger partial charge is 0.323 e. The maximum atomic E-state index is 11.5. The molecule has 0 saturated carbocycles. The molecule has 282 valence electrons. The van der Waals surface area contributed by atoms with Crippen LogP contribution in [0, 0.1) is 0 Å². The fourth-order valence-electron chi connectivity index (χ4n) is 5.57. The van der Waals surface area contributed by atoms with Crippen LogP contribution in [-0.2, 0) is 24.6 Å². The molecule has 0 radical (unpaired) electrons. The molecule has 5 aromatic rings. The number of aliphatic hydroxyl groups is 3. The zero-order valence-electron chi connectivity index (χ0n) is 28.9. The van der Waals surface area contributed by atoms with Crippen molar-refractivity contribution in [2.45, 2.75) is 38.6 Å². The second-order valence-electron chi connectivity index (χ2n) is 12.2. The number of carboxylic acids is 1. The number of hydrogen-bond acceptors (Lipinski definition) is 12. The number of hydrogen-bond donors (Lipinski definition) is 5. The van der Waals surface area contributed by atoms with Gasteiger partial charge in [-0.1, -0.05) is 59.6 Å². The quantitative estimate of drug-likeness (QED) is 0.0571. The van der Waals surface area contributed by atoms with Crippen molar-refractivity contribution in [3.05, 3.63) is 99.5 Å². The van der Waals surface area contributed by atoms with Gasteiger partial charge in [-0.25, -0.2) is 4.63 Å². The number of ether oxygens (including phenoxy) is 3. The maximum absolute atomic E-state index is 11.5. The molecule has 1 aromatic heterocycles. The molecule has 13 nitrogen and oxygen atoms in total. The van der Waals surface area contributed by atoms with E-state index in [1.54, 1.807) is 24.3 Å². The lowest BCUT2D eigenvalue weighted by molar-refractivity contribution is -0.140. The maximum Gasteiger partial charge on any atom is 0.323 e. The molecule has 0 amide bonds. The summed E-state index contributed by atoms with van der Waals surface area (Å²) in [6.45, 7) is 2.15. The lowest BCUT2D eigenvalue weighted by Gasteiger charge is -2.19. The minimum atomic E-state index is -1.19. The van der Waals surface area contributed by atoms with Crippen LogP contribution in [0.3, 0.4) is 0 Å². The molecule has 0 saturated heterocycles. The normalized spacial score (nSPS) is 12.0. The lowest BCUT2D eigenvalue weighted by atomic mass is 10.0. The van der Waals surface area contributed by atoms with Gasteiger partial charge in [-0.3, -0.25) is 15.0 Å². The van der Waals surface area contributed by atoms with Crippen LogP contribution in [0.1, 0.15) is 29.5 Å². The Labute approximate surface area is 316 Å². The Morgan fingerprint density at radius 1 is 0.811 bits per heavy atom. The van der Waals surface area contributed by atoms with Crippen molar-refractivity contribution in [2.75, 3.05) is 46.1 Å². The molecule has 1 unspecified atom stereocenters. The molecular weight excluding hydrogens is 727 g/mol. The summed E-state index contributed by atoms with van der Waals surface area (Å²) in [6, 6.07) is 20.8. The summed E-state index contributed by atoms with van der Waals surface area (Å²) in [5.74, 6) is 0.234. The van der Waals surface area contributed by atoms with Gasteiger partial charge < -0.3 is 34.6 Å². The SMILES string of the molecule is O=C(O)C(CO)NCc1cc(Cl)c(OCc2cccc(-c3cccc(OCCCCN(CCO)CCO)c3)c2Cl)cc1OCc1ccc2nonc2c1. The van der Waals surface area contributed by atoms with Crippen LogP contribution in [0.25, 0.3) is 22.2 Å². The highest BCUT2D eigenvalue weighted by atomic mass is 35.5. The van der Waals surface area contributed by atoms with Gasteiger partial charge in [0.2, 0.25) is 0 Å². The van der Waals surface area contributed by atoms with E-state index in [2.05, 4.69) is 15.6 Å². The summed E-state index contributed by atoms with van der Waals surface area (Å²) in [7, 11) is 0. The third-order valence-corrected chi connectivity index (χ3v) is 9.17. The minimum Gasteiger partial charge on any atom is -0.494 e. The summed E-state index contributed by atoms with van der Waals surface area (Å²) >= 11 is 13.6. The number of carboxylic acid groups (broad SMARTS) is 1. The first-order valence-electron chi connectivity index (χ1n) is 17.1. The van der Waals surface area contributed by atoms with Crippen molar-refractivity contribution in [3.63, 3.8) is 0 Å². The number of rotatable bonds is 22. The molecule has 1 atom stereocenters. The number of halogens is 2. The third-order valence-electron chi connectivity index (χ3n) is 8.42.